The summed E-state index contributed by atoms with van der Waals surface area (Å²) in [5, 5.41) is 10.6. The predicted octanol–water partition coefficient (Wildman–Crippen LogP) is 4.62. The number of hydrogen-bond donors (Lipinski definition) is 2. The van der Waals surface area contributed by atoms with Gasteiger partial charge in [-0.3, -0.25) is 0 Å². The Morgan fingerprint density at radius 2 is 1.86 bits per heavy atom. The van der Waals surface area contributed by atoms with Crippen molar-refractivity contribution in [2.45, 2.75) is 26.2 Å². The van der Waals surface area contributed by atoms with Crippen molar-refractivity contribution in [3.05, 3.63) is 59.7 Å². The summed E-state index contributed by atoms with van der Waals surface area (Å²) < 4.78 is 5.83. The first-order valence-corrected chi connectivity index (χ1v) is 7.66. The number of ether oxygens (including phenoxy) is 1. The summed E-state index contributed by atoms with van der Waals surface area (Å²) in [4.78, 5) is 2.94. The highest BCUT2D eigenvalue weighted by Gasteiger charge is 2.05. The lowest BCUT2D eigenvalue weighted by Crippen LogP contribution is -2.01. The monoisotopic (exact) mass is 295 g/mol. The molecule has 3 nitrogen and oxygen atoms in total. The lowest BCUT2D eigenvalue weighted by Gasteiger charge is -2.09. The van der Waals surface area contributed by atoms with Crippen LogP contribution in [0.5, 0.6) is 11.6 Å². The molecule has 1 aromatic heterocycles. The predicted molar refractivity (Wildman–Crippen MR) is 89.7 cm³/mol. The van der Waals surface area contributed by atoms with Crippen LogP contribution in [0.2, 0.25) is 0 Å². The number of hydrogen-bond acceptors (Lipinski definition) is 2. The molecule has 0 unspecified atom stereocenters. The van der Waals surface area contributed by atoms with E-state index in [1.165, 1.54) is 11.1 Å². The highest BCUT2D eigenvalue weighted by Crippen LogP contribution is 2.24. The molecule has 0 spiro atoms. The van der Waals surface area contributed by atoms with Gasteiger partial charge in [0.05, 0.1) is 6.61 Å². The molecule has 0 aliphatic carbocycles. The number of aromatic hydroxyl groups is 1. The fourth-order valence-electron chi connectivity index (χ4n) is 2.65. The van der Waals surface area contributed by atoms with Gasteiger partial charge in [-0.05, 0) is 35.2 Å². The van der Waals surface area contributed by atoms with E-state index in [0.717, 1.165) is 23.1 Å². The van der Waals surface area contributed by atoms with E-state index in [2.05, 4.69) is 37.0 Å². The molecule has 0 aliphatic heterocycles. The molecule has 3 aromatic rings. The van der Waals surface area contributed by atoms with Crippen LogP contribution < -0.4 is 4.74 Å². The Hall–Kier alpha value is -2.42. The lowest BCUT2D eigenvalue weighted by molar-refractivity contribution is 0.322. The van der Waals surface area contributed by atoms with E-state index in [9.17, 15) is 5.11 Å². The van der Waals surface area contributed by atoms with E-state index in [0.29, 0.717) is 12.5 Å². The Kier molecular flexibility index (Phi) is 4.05. The zero-order valence-corrected chi connectivity index (χ0v) is 13.0. The van der Waals surface area contributed by atoms with Crippen LogP contribution >= 0.6 is 0 Å². The van der Waals surface area contributed by atoms with Crippen molar-refractivity contribution in [1.82, 2.24) is 4.98 Å². The fraction of sp³-hybridized carbons (Fsp3) is 0.263. The molecule has 114 valence electrons. The van der Waals surface area contributed by atoms with E-state index in [-0.39, 0.29) is 5.88 Å². The van der Waals surface area contributed by atoms with Gasteiger partial charge in [0.2, 0.25) is 0 Å². The Morgan fingerprint density at radius 3 is 2.59 bits per heavy atom. The molecule has 0 saturated carbocycles. The smallest absolute Gasteiger partial charge is 0.189 e. The second kappa shape index (κ2) is 6.14. The van der Waals surface area contributed by atoms with Gasteiger partial charge in [0.1, 0.15) is 5.75 Å². The Morgan fingerprint density at radius 1 is 1.09 bits per heavy atom. The van der Waals surface area contributed by atoms with Gasteiger partial charge in [0.25, 0.3) is 0 Å². The largest absolute Gasteiger partial charge is 0.495 e. The average Bonchev–Trinajstić information content (AvgIpc) is 2.89. The molecule has 2 N–H and O–H groups in total. The van der Waals surface area contributed by atoms with Crippen LogP contribution in [0.3, 0.4) is 0 Å². The zero-order chi connectivity index (χ0) is 15.5. The molecule has 3 rings (SSSR count). The van der Waals surface area contributed by atoms with Crippen molar-refractivity contribution in [3.8, 4) is 11.6 Å². The van der Waals surface area contributed by atoms with Crippen LogP contribution in [-0.4, -0.2) is 16.7 Å². The summed E-state index contributed by atoms with van der Waals surface area (Å²) in [5.41, 5.74) is 3.45. The first-order chi connectivity index (χ1) is 10.6. The third-order valence-electron chi connectivity index (χ3n) is 3.93. The van der Waals surface area contributed by atoms with Crippen molar-refractivity contribution in [2.75, 3.05) is 6.61 Å². The summed E-state index contributed by atoms with van der Waals surface area (Å²) in [7, 11) is 0. The Balaban J connectivity index is 1.64. The molecule has 0 amide bonds. The van der Waals surface area contributed by atoms with E-state index in [4.69, 9.17) is 4.74 Å². The number of aromatic amines is 1. The molecule has 0 radical (unpaired) electrons. The van der Waals surface area contributed by atoms with Gasteiger partial charge in [-0.2, -0.15) is 0 Å². The van der Waals surface area contributed by atoms with Crippen LogP contribution in [0, 0.1) is 0 Å². The maximum Gasteiger partial charge on any atom is 0.189 e. The second-order valence-corrected chi connectivity index (χ2v) is 5.86. The highest BCUT2D eigenvalue weighted by atomic mass is 16.5. The SMILES string of the molecule is CC(C)c1ccc(OCCc2cccc3[nH]c(O)cc23)cc1. The molecule has 0 bridgehead atoms. The molecule has 3 heteroatoms. The van der Waals surface area contributed by atoms with Gasteiger partial charge >= 0.3 is 0 Å². The molecule has 22 heavy (non-hydrogen) atoms. The van der Waals surface area contributed by atoms with Crippen LogP contribution in [0.25, 0.3) is 10.9 Å². The maximum atomic E-state index is 9.57. The van der Waals surface area contributed by atoms with Crippen molar-refractivity contribution in [1.29, 1.82) is 0 Å². The van der Waals surface area contributed by atoms with E-state index < -0.39 is 0 Å². The van der Waals surface area contributed by atoms with Gasteiger partial charge in [-0.15, -0.1) is 0 Å². The second-order valence-electron chi connectivity index (χ2n) is 5.86. The Labute approximate surface area is 130 Å². The molecule has 1 heterocycles. The van der Waals surface area contributed by atoms with Crippen molar-refractivity contribution in [2.24, 2.45) is 0 Å². The first kappa shape index (κ1) is 14.5. The first-order valence-electron chi connectivity index (χ1n) is 7.66. The molecule has 0 saturated heterocycles. The topological polar surface area (TPSA) is 45.2 Å². The van der Waals surface area contributed by atoms with Crippen molar-refractivity contribution >= 4 is 10.9 Å². The van der Waals surface area contributed by atoms with Gasteiger partial charge in [-0.25, -0.2) is 0 Å². The van der Waals surface area contributed by atoms with Crippen LogP contribution in [0.15, 0.2) is 48.5 Å². The summed E-state index contributed by atoms with van der Waals surface area (Å²) in [6, 6.07) is 16.1. The van der Waals surface area contributed by atoms with Gasteiger partial charge in [-0.1, -0.05) is 38.1 Å². The number of fused-ring (bicyclic) bond motifs is 1. The number of benzene rings is 2. The van der Waals surface area contributed by atoms with Crippen LogP contribution in [0.1, 0.15) is 30.9 Å². The quantitative estimate of drug-likeness (QED) is 0.721. The minimum Gasteiger partial charge on any atom is -0.495 e. The summed E-state index contributed by atoms with van der Waals surface area (Å²) in [5.74, 6) is 1.63. The van der Waals surface area contributed by atoms with Gasteiger partial charge < -0.3 is 14.8 Å². The molecule has 0 fully saturated rings. The van der Waals surface area contributed by atoms with E-state index in [1.54, 1.807) is 6.07 Å². The lowest BCUT2D eigenvalue weighted by atomic mass is 10.0. The summed E-state index contributed by atoms with van der Waals surface area (Å²) >= 11 is 0. The third kappa shape index (κ3) is 3.08. The minimum absolute atomic E-state index is 0.202. The van der Waals surface area contributed by atoms with Crippen LogP contribution in [0.4, 0.5) is 0 Å². The number of nitrogens with one attached hydrogen (secondary N) is 1. The third-order valence-corrected chi connectivity index (χ3v) is 3.93. The number of rotatable bonds is 5. The summed E-state index contributed by atoms with van der Waals surface area (Å²) in [6.45, 7) is 4.98. The standard InChI is InChI=1S/C19H21NO2/c1-13(2)14-6-8-16(9-7-14)22-11-10-15-4-3-5-18-17(15)12-19(21)20-18/h3-9,12-13,20-21H,10-11H2,1-2H3. The zero-order valence-electron chi connectivity index (χ0n) is 13.0. The van der Waals surface area contributed by atoms with Crippen molar-refractivity contribution in [3.63, 3.8) is 0 Å². The molecular weight excluding hydrogens is 274 g/mol. The van der Waals surface area contributed by atoms with Crippen molar-refractivity contribution < 1.29 is 9.84 Å². The number of aromatic nitrogens is 1. The normalized spacial score (nSPS) is 11.2. The molecular formula is C19H21NO2. The molecule has 0 atom stereocenters. The minimum atomic E-state index is 0.202. The maximum absolute atomic E-state index is 9.57. The average molecular weight is 295 g/mol. The molecule has 2 aromatic carbocycles. The highest BCUT2D eigenvalue weighted by molar-refractivity contribution is 5.84. The summed E-state index contributed by atoms with van der Waals surface area (Å²) in [6.07, 6.45) is 0.806. The van der Waals surface area contributed by atoms with E-state index in [1.807, 2.05) is 24.3 Å². The number of H-pyrrole nitrogens is 1. The fourth-order valence-corrected chi connectivity index (χ4v) is 2.65. The Bertz CT molecular complexity index is 757. The van der Waals surface area contributed by atoms with Gasteiger partial charge in [0.15, 0.2) is 5.88 Å². The van der Waals surface area contributed by atoms with E-state index >= 15 is 0 Å². The van der Waals surface area contributed by atoms with Gasteiger partial charge in [0, 0.05) is 23.4 Å². The molecule has 0 aliphatic rings. The van der Waals surface area contributed by atoms with Crippen LogP contribution in [-0.2, 0) is 6.42 Å².